The third kappa shape index (κ3) is 9.61. The summed E-state index contributed by atoms with van der Waals surface area (Å²) in [6.45, 7) is 5.62. The zero-order valence-corrected chi connectivity index (χ0v) is 17.5. The number of alkyl halides is 3. The number of amides is 1. The highest BCUT2D eigenvalue weighted by Gasteiger charge is 2.30. The molecular formula is C23H36F3NO. The lowest BCUT2D eigenvalue weighted by Crippen LogP contribution is -2.33. The minimum absolute atomic E-state index is 0.165. The van der Waals surface area contributed by atoms with Gasteiger partial charge in [-0.2, -0.15) is 13.2 Å². The number of rotatable bonds is 14. The zero-order valence-electron chi connectivity index (χ0n) is 17.5. The van der Waals surface area contributed by atoms with Crippen molar-refractivity contribution in [2.24, 2.45) is 0 Å². The number of hydrogen-bond acceptors (Lipinski definition) is 1. The van der Waals surface area contributed by atoms with Crippen LogP contribution < -0.4 is 0 Å². The normalized spacial score (nSPS) is 11.6. The molecule has 0 N–H and O–H groups in total. The summed E-state index contributed by atoms with van der Waals surface area (Å²) in [6, 6.07) is 4.56. The Morgan fingerprint density at radius 2 is 1.21 bits per heavy atom. The fourth-order valence-corrected chi connectivity index (χ4v) is 3.26. The van der Waals surface area contributed by atoms with Crippen molar-refractivity contribution in [1.29, 1.82) is 0 Å². The Morgan fingerprint density at radius 3 is 1.71 bits per heavy atom. The molecule has 0 radical (unpaired) electrons. The van der Waals surface area contributed by atoms with E-state index in [1.165, 1.54) is 57.1 Å². The van der Waals surface area contributed by atoms with Crippen molar-refractivity contribution in [1.82, 2.24) is 4.90 Å². The lowest BCUT2D eigenvalue weighted by atomic mass is 10.1. The van der Waals surface area contributed by atoms with Gasteiger partial charge in [-0.1, -0.05) is 71.6 Å². The van der Waals surface area contributed by atoms with Crippen LogP contribution in [0.2, 0.25) is 0 Å². The van der Waals surface area contributed by atoms with Crippen LogP contribution in [0.15, 0.2) is 24.3 Å². The van der Waals surface area contributed by atoms with Gasteiger partial charge in [-0.15, -0.1) is 0 Å². The summed E-state index contributed by atoms with van der Waals surface area (Å²) in [5, 5.41) is 0. The van der Waals surface area contributed by atoms with E-state index < -0.39 is 11.7 Å². The predicted octanol–water partition coefficient (Wildman–Crippen LogP) is 7.48. The number of benzene rings is 1. The van der Waals surface area contributed by atoms with Crippen LogP contribution in [0.4, 0.5) is 13.2 Å². The van der Waals surface area contributed by atoms with E-state index in [1.807, 2.05) is 0 Å². The third-order valence-corrected chi connectivity index (χ3v) is 5.06. The van der Waals surface area contributed by atoms with Gasteiger partial charge < -0.3 is 4.90 Å². The molecule has 0 aliphatic rings. The van der Waals surface area contributed by atoms with E-state index in [0.29, 0.717) is 18.7 Å². The van der Waals surface area contributed by atoms with Gasteiger partial charge in [0.05, 0.1) is 5.56 Å². The molecule has 0 atom stereocenters. The number of unbranched alkanes of at least 4 members (excludes halogenated alkanes) is 9. The number of hydrogen-bond donors (Lipinski definition) is 0. The van der Waals surface area contributed by atoms with E-state index in [4.69, 9.17) is 0 Å². The second-order valence-electron chi connectivity index (χ2n) is 7.55. The number of carbonyl (C=O) groups is 1. The standard InChI is InChI=1S/C23H36F3NO/c1-3-5-7-8-9-10-11-12-13-19-27(18-6-4-2)22(28)20-14-16-21(17-15-20)23(24,25)26/h14-17H,3-13,18-19H2,1-2H3. The van der Waals surface area contributed by atoms with Crippen molar-refractivity contribution in [3.05, 3.63) is 35.4 Å². The van der Waals surface area contributed by atoms with Crippen molar-refractivity contribution >= 4 is 5.91 Å². The van der Waals surface area contributed by atoms with Crippen LogP contribution >= 0.6 is 0 Å². The number of carbonyl (C=O) groups excluding carboxylic acids is 1. The SMILES string of the molecule is CCCCCCCCCCCN(CCCC)C(=O)c1ccc(C(F)(F)F)cc1. The molecule has 28 heavy (non-hydrogen) atoms. The molecule has 0 fully saturated rings. The molecule has 0 aromatic heterocycles. The molecular weight excluding hydrogens is 363 g/mol. The van der Waals surface area contributed by atoms with Crippen LogP contribution in [0, 0.1) is 0 Å². The van der Waals surface area contributed by atoms with E-state index in [9.17, 15) is 18.0 Å². The van der Waals surface area contributed by atoms with E-state index in [1.54, 1.807) is 4.90 Å². The quantitative estimate of drug-likeness (QED) is 0.297. The summed E-state index contributed by atoms with van der Waals surface area (Å²) in [5.41, 5.74) is -0.386. The van der Waals surface area contributed by atoms with Gasteiger partial charge in [-0.05, 0) is 37.1 Å². The third-order valence-electron chi connectivity index (χ3n) is 5.06. The van der Waals surface area contributed by atoms with Crippen molar-refractivity contribution in [2.75, 3.05) is 13.1 Å². The highest BCUT2D eigenvalue weighted by atomic mass is 19.4. The Balaban J connectivity index is 2.45. The van der Waals surface area contributed by atoms with E-state index in [2.05, 4.69) is 13.8 Å². The Labute approximate surface area is 168 Å². The molecule has 0 aliphatic carbocycles. The molecule has 0 bridgehead atoms. The molecule has 2 nitrogen and oxygen atoms in total. The maximum atomic E-state index is 12.7. The Hall–Kier alpha value is -1.52. The first-order chi connectivity index (χ1) is 13.4. The average molecular weight is 400 g/mol. The molecule has 0 saturated heterocycles. The van der Waals surface area contributed by atoms with E-state index in [0.717, 1.165) is 37.8 Å². The van der Waals surface area contributed by atoms with Crippen LogP contribution in [0.5, 0.6) is 0 Å². The highest BCUT2D eigenvalue weighted by molar-refractivity contribution is 5.94. The summed E-state index contributed by atoms with van der Waals surface area (Å²) >= 11 is 0. The molecule has 0 aliphatic heterocycles. The minimum atomic E-state index is -4.37. The molecule has 1 rings (SSSR count). The largest absolute Gasteiger partial charge is 0.416 e. The first kappa shape index (κ1) is 24.5. The van der Waals surface area contributed by atoms with Gasteiger partial charge >= 0.3 is 6.18 Å². The summed E-state index contributed by atoms with van der Waals surface area (Å²) < 4.78 is 38.1. The molecule has 1 amide bonds. The minimum Gasteiger partial charge on any atom is -0.339 e. The lowest BCUT2D eigenvalue weighted by Gasteiger charge is -2.23. The molecule has 0 saturated carbocycles. The molecule has 1 aromatic rings. The average Bonchev–Trinajstić information content (AvgIpc) is 2.68. The van der Waals surface area contributed by atoms with E-state index >= 15 is 0 Å². The molecule has 160 valence electrons. The van der Waals surface area contributed by atoms with Gasteiger partial charge in [0.1, 0.15) is 0 Å². The number of nitrogens with zero attached hydrogens (tertiary/aromatic N) is 1. The van der Waals surface area contributed by atoms with Crippen molar-refractivity contribution < 1.29 is 18.0 Å². The second-order valence-corrected chi connectivity index (χ2v) is 7.55. The second kappa shape index (κ2) is 13.6. The molecule has 5 heteroatoms. The van der Waals surface area contributed by atoms with E-state index in [-0.39, 0.29) is 5.91 Å². The van der Waals surface area contributed by atoms with Gasteiger partial charge in [-0.25, -0.2) is 0 Å². The molecule has 0 spiro atoms. The van der Waals surface area contributed by atoms with Gasteiger partial charge in [0.15, 0.2) is 0 Å². The predicted molar refractivity (Wildman–Crippen MR) is 109 cm³/mol. The Bertz CT molecular complexity index is 540. The van der Waals surface area contributed by atoms with Gasteiger partial charge in [0.2, 0.25) is 0 Å². The molecule has 0 unspecified atom stereocenters. The van der Waals surface area contributed by atoms with Crippen LogP contribution in [0.3, 0.4) is 0 Å². The first-order valence-electron chi connectivity index (χ1n) is 10.9. The lowest BCUT2D eigenvalue weighted by molar-refractivity contribution is -0.137. The first-order valence-corrected chi connectivity index (χ1v) is 10.9. The molecule has 1 aromatic carbocycles. The highest BCUT2D eigenvalue weighted by Crippen LogP contribution is 2.29. The fraction of sp³-hybridized carbons (Fsp3) is 0.696. The van der Waals surface area contributed by atoms with Crippen LogP contribution in [0.25, 0.3) is 0 Å². The summed E-state index contributed by atoms with van der Waals surface area (Å²) in [6.07, 6.45) is 8.47. The zero-order chi connectivity index (χ0) is 20.8. The topological polar surface area (TPSA) is 20.3 Å². The maximum absolute atomic E-state index is 12.7. The monoisotopic (exact) mass is 399 g/mol. The maximum Gasteiger partial charge on any atom is 0.416 e. The van der Waals surface area contributed by atoms with Crippen LogP contribution in [-0.2, 0) is 6.18 Å². The summed E-state index contributed by atoms with van der Waals surface area (Å²) in [4.78, 5) is 14.5. The smallest absolute Gasteiger partial charge is 0.339 e. The van der Waals surface area contributed by atoms with Gasteiger partial charge in [0, 0.05) is 18.7 Å². The molecule has 0 heterocycles. The summed E-state index contributed by atoms with van der Waals surface area (Å²) in [7, 11) is 0. The van der Waals surface area contributed by atoms with Crippen molar-refractivity contribution in [3.63, 3.8) is 0 Å². The van der Waals surface area contributed by atoms with Crippen molar-refractivity contribution in [2.45, 2.75) is 90.7 Å². The number of halogens is 3. The Kier molecular flexibility index (Phi) is 11.9. The fourth-order valence-electron chi connectivity index (χ4n) is 3.26. The summed E-state index contributed by atoms with van der Waals surface area (Å²) in [5.74, 6) is -0.165. The Morgan fingerprint density at radius 1 is 0.750 bits per heavy atom. The van der Waals surface area contributed by atoms with Crippen LogP contribution in [0.1, 0.15) is 100 Å². The van der Waals surface area contributed by atoms with Crippen LogP contribution in [-0.4, -0.2) is 23.9 Å². The van der Waals surface area contributed by atoms with Gasteiger partial charge in [0.25, 0.3) is 5.91 Å². The van der Waals surface area contributed by atoms with Crippen molar-refractivity contribution in [3.8, 4) is 0 Å². The van der Waals surface area contributed by atoms with Gasteiger partial charge in [-0.3, -0.25) is 4.79 Å².